The van der Waals surface area contributed by atoms with E-state index in [1.807, 2.05) is 13.0 Å². The average Bonchev–Trinajstić information content (AvgIpc) is 2.44. The van der Waals surface area contributed by atoms with E-state index < -0.39 is 16.1 Å². The fraction of sp³-hybridized carbons (Fsp3) is 0.500. The maximum Gasteiger partial charge on any atom is 0.240 e. The highest BCUT2D eigenvalue weighted by molar-refractivity contribution is 7.88. The number of nitrogens with two attached hydrogens (primary N) is 1. The molecule has 0 aliphatic carbocycles. The second kappa shape index (κ2) is 7.53. The summed E-state index contributed by atoms with van der Waals surface area (Å²) in [4.78, 5) is 13.4. The fourth-order valence-electron chi connectivity index (χ4n) is 1.91. The Bertz CT molecular complexity index is 587. The van der Waals surface area contributed by atoms with E-state index in [-0.39, 0.29) is 11.7 Å². The normalized spacial score (nSPS) is 13.0. The molecule has 1 aromatic carbocycles. The van der Waals surface area contributed by atoms with E-state index in [2.05, 4.69) is 4.72 Å². The van der Waals surface area contributed by atoms with Crippen molar-refractivity contribution in [1.29, 1.82) is 0 Å². The lowest BCUT2D eigenvalue weighted by atomic mass is 10.1. The number of nitrogens with one attached hydrogen (secondary N) is 1. The number of hydrogen-bond donors (Lipinski definition) is 2. The van der Waals surface area contributed by atoms with Crippen LogP contribution in [0, 0.1) is 0 Å². The molecule has 0 spiro atoms. The van der Waals surface area contributed by atoms with Crippen molar-refractivity contribution in [3.8, 4) is 0 Å². The van der Waals surface area contributed by atoms with Crippen LogP contribution in [0.3, 0.4) is 0 Å². The van der Waals surface area contributed by atoms with Gasteiger partial charge in [0.05, 0.1) is 11.8 Å². The maximum atomic E-state index is 12.1. The molecule has 0 aliphatic heterocycles. The summed E-state index contributed by atoms with van der Waals surface area (Å²) in [6.45, 7) is 4.26. The first-order valence-corrected chi connectivity index (χ1v) is 8.47. The van der Waals surface area contributed by atoms with Crippen LogP contribution in [-0.2, 0) is 27.1 Å². The van der Waals surface area contributed by atoms with E-state index in [4.69, 9.17) is 5.73 Å². The number of benzene rings is 1. The van der Waals surface area contributed by atoms with Gasteiger partial charge < -0.3 is 10.6 Å². The van der Waals surface area contributed by atoms with Crippen molar-refractivity contribution < 1.29 is 13.2 Å². The molecule has 1 rings (SSSR count). The molecule has 0 bridgehead atoms. The monoisotopic (exact) mass is 313 g/mol. The van der Waals surface area contributed by atoms with E-state index in [0.29, 0.717) is 18.7 Å². The number of rotatable bonds is 7. The molecule has 1 atom stereocenters. The molecule has 0 aromatic heterocycles. The number of amides is 1. The number of carbonyl (C=O) groups is 1. The second-order valence-electron chi connectivity index (χ2n) is 4.98. The molecule has 0 saturated carbocycles. The predicted molar refractivity (Wildman–Crippen MR) is 82.9 cm³/mol. The van der Waals surface area contributed by atoms with Gasteiger partial charge in [-0.05, 0) is 25.0 Å². The van der Waals surface area contributed by atoms with Crippen molar-refractivity contribution in [2.75, 3.05) is 13.6 Å². The summed E-state index contributed by atoms with van der Waals surface area (Å²) < 4.78 is 26.6. The highest BCUT2D eigenvalue weighted by Gasteiger charge is 2.22. The predicted octanol–water partition coefficient (Wildman–Crippen LogP) is 0.432. The molecule has 0 aliphatic rings. The Hall–Kier alpha value is -1.44. The van der Waals surface area contributed by atoms with Crippen molar-refractivity contribution >= 4 is 15.9 Å². The maximum absolute atomic E-state index is 12.1. The van der Waals surface area contributed by atoms with Crippen LogP contribution in [0.1, 0.15) is 25.0 Å². The molecule has 118 valence electrons. The Balaban J connectivity index is 2.75. The van der Waals surface area contributed by atoms with Crippen LogP contribution >= 0.6 is 0 Å². The first-order chi connectivity index (χ1) is 9.79. The van der Waals surface area contributed by atoms with Gasteiger partial charge in [0.1, 0.15) is 0 Å². The molecule has 0 fully saturated rings. The van der Waals surface area contributed by atoms with E-state index in [9.17, 15) is 13.2 Å². The Morgan fingerprint density at radius 3 is 2.57 bits per heavy atom. The Morgan fingerprint density at radius 1 is 1.38 bits per heavy atom. The standard InChI is InChI=1S/C14H23N3O3S/c1-4-17(3)14(18)11(2)16-21(19,20)10-13-7-5-6-12(8-13)9-15/h5-8,11,16H,4,9-10,15H2,1-3H3. The highest BCUT2D eigenvalue weighted by Crippen LogP contribution is 2.09. The Morgan fingerprint density at radius 2 is 2.00 bits per heavy atom. The van der Waals surface area contributed by atoms with E-state index >= 15 is 0 Å². The van der Waals surface area contributed by atoms with Gasteiger partial charge >= 0.3 is 0 Å². The SMILES string of the molecule is CCN(C)C(=O)C(C)NS(=O)(=O)Cc1cccc(CN)c1. The zero-order valence-corrected chi connectivity index (χ0v) is 13.5. The van der Waals surface area contributed by atoms with Crippen LogP contribution in [0.15, 0.2) is 24.3 Å². The molecule has 7 heteroatoms. The molecule has 21 heavy (non-hydrogen) atoms. The molecule has 0 heterocycles. The van der Waals surface area contributed by atoms with Gasteiger partial charge in [-0.3, -0.25) is 4.79 Å². The third-order valence-electron chi connectivity index (χ3n) is 3.16. The van der Waals surface area contributed by atoms with Crippen molar-refractivity contribution in [3.05, 3.63) is 35.4 Å². The van der Waals surface area contributed by atoms with Crippen molar-refractivity contribution in [2.24, 2.45) is 5.73 Å². The van der Waals surface area contributed by atoms with Gasteiger partial charge in [-0.15, -0.1) is 0 Å². The molecule has 1 aromatic rings. The first-order valence-electron chi connectivity index (χ1n) is 6.82. The lowest BCUT2D eigenvalue weighted by Crippen LogP contribution is -2.45. The van der Waals surface area contributed by atoms with Crippen LogP contribution in [-0.4, -0.2) is 38.9 Å². The number of nitrogens with zero attached hydrogens (tertiary/aromatic N) is 1. The van der Waals surface area contributed by atoms with Crippen molar-refractivity contribution in [1.82, 2.24) is 9.62 Å². The lowest BCUT2D eigenvalue weighted by Gasteiger charge is -2.20. The molecule has 3 N–H and O–H groups in total. The third kappa shape index (κ3) is 5.45. The van der Waals surface area contributed by atoms with Crippen molar-refractivity contribution in [3.63, 3.8) is 0 Å². The Labute approximate surface area is 126 Å². The summed E-state index contributed by atoms with van der Waals surface area (Å²) in [5.41, 5.74) is 7.06. The molecule has 6 nitrogen and oxygen atoms in total. The number of hydrogen-bond acceptors (Lipinski definition) is 4. The zero-order chi connectivity index (χ0) is 16.0. The summed E-state index contributed by atoms with van der Waals surface area (Å²) in [6.07, 6.45) is 0. The van der Waals surface area contributed by atoms with Crippen LogP contribution in [0.4, 0.5) is 0 Å². The first kappa shape index (κ1) is 17.6. The van der Waals surface area contributed by atoms with Gasteiger partial charge in [0.15, 0.2) is 0 Å². The van der Waals surface area contributed by atoms with Crippen molar-refractivity contribution in [2.45, 2.75) is 32.2 Å². The molecule has 1 unspecified atom stereocenters. The minimum Gasteiger partial charge on any atom is -0.345 e. The number of carbonyl (C=O) groups excluding carboxylic acids is 1. The second-order valence-corrected chi connectivity index (χ2v) is 6.73. The topological polar surface area (TPSA) is 92.5 Å². The van der Waals surface area contributed by atoms with Gasteiger partial charge in [0.25, 0.3) is 0 Å². The van der Waals surface area contributed by atoms with Crippen LogP contribution < -0.4 is 10.5 Å². The molecular weight excluding hydrogens is 290 g/mol. The van der Waals surface area contributed by atoms with E-state index in [0.717, 1.165) is 5.56 Å². The summed E-state index contributed by atoms with van der Waals surface area (Å²) in [6, 6.07) is 6.31. The minimum atomic E-state index is -3.58. The molecule has 0 saturated heterocycles. The molecule has 0 radical (unpaired) electrons. The van der Waals surface area contributed by atoms with E-state index in [1.54, 1.807) is 32.2 Å². The lowest BCUT2D eigenvalue weighted by molar-refractivity contribution is -0.131. The summed E-state index contributed by atoms with van der Waals surface area (Å²) in [7, 11) is -1.95. The minimum absolute atomic E-state index is 0.172. The van der Waals surface area contributed by atoms with Crippen LogP contribution in [0.2, 0.25) is 0 Å². The van der Waals surface area contributed by atoms with Gasteiger partial charge in [-0.25, -0.2) is 13.1 Å². The fourth-order valence-corrected chi connectivity index (χ4v) is 3.25. The van der Waals surface area contributed by atoms with Crippen LogP contribution in [0.5, 0.6) is 0 Å². The Kier molecular flexibility index (Phi) is 6.32. The average molecular weight is 313 g/mol. The number of sulfonamides is 1. The highest BCUT2D eigenvalue weighted by atomic mass is 32.2. The molecular formula is C14H23N3O3S. The third-order valence-corrected chi connectivity index (χ3v) is 4.59. The van der Waals surface area contributed by atoms with Gasteiger partial charge in [0.2, 0.25) is 15.9 Å². The quantitative estimate of drug-likeness (QED) is 0.763. The molecule has 1 amide bonds. The van der Waals surface area contributed by atoms with Gasteiger partial charge in [-0.1, -0.05) is 24.3 Å². The summed E-state index contributed by atoms with van der Waals surface area (Å²) in [5.74, 6) is -0.425. The smallest absolute Gasteiger partial charge is 0.240 e. The van der Waals surface area contributed by atoms with Gasteiger partial charge in [-0.2, -0.15) is 0 Å². The van der Waals surface area contributed by atoms with E-state index in [1.165, 1.54) is 4.90 Å². The zero-order valence-electron chi connectivity index (χ0n) is 12.7. The van der Waals surface area contributed by atoms with Gasteiger partial charge in [0, 0.05) is 20.1 Å². The van der Waals surface area contributed by atoms with Crippen LogP contribution in [0.25, 0.3) is 0 Å². The summed E-state index contributed by atoms with van der Waals surface area (Å²) in [5, 5.41) is 0. The number of likely N-dealkylation sites (N-methyl/N-ethyl adjacent to an activating group) is 1. The largest absolute Gasteiger partial charge is 0.345 e. The summed E-state index contributed by atoms with van der Waals surface area (Å²) >= 11 is 0.